The van der Waals surface area contributed by atoms with Crippen LogP contribution in [0.1, 0.15) is 181 Å². The molecule has 0 aliphatic carbocycles. The summed E-state index contributed by atoms with van der Waals surface area (Å²) >= 11 is 0. The Balaban J connectivity index is 0.000000542. The van der Waals surface area contributed by atoms with Crippen LogP contribution in [0.15, 0.2) is 303 Å². The van der Waals surface area contributed by atoms with Gasteiger partial charge in [-0.15, -0.1) is 122 Å². The van der Waals surface area contributed by atoms with Gasteiger partial charge in [-0.25, -0.2) is 0 Å². The van der Waals surface area contributed by atoms with Crippen molar-refractivity contribution in [3.63, 3.8) is 0 Å². The van der Waals surface area contributed by atoms with Crippen molar-refractivity contribution in [2.45, 2.75) is 186 Å². The summed E-state index contributed by atoms with van der Waals surface area (Å²) in [7, 11) is 0. The van der Waals surface area contributed by atoms with Gasteiger partial charge in [0.05, 0.1) is 0 Å². The van der Waals surface area contributed by atoms with Crippen molar-refractivity contribution < 1.29 is 200 Å². The Morgan fingerprint density at radius 1 is 0.124 bits per heavy atom. The first kappa shape index (κ1) is 119. The van der Waals surface area contributed by atoms with Crippen LogP contribution in [0.3, 0.4) is 0 Å². The van der Waals surface area contributed by atoms with E-state index < -0.39 is 122 Å². The van der Waals surface area contributed by atoms with Crippen molar-refractivity contribution in [3.05, 3.63) is 359 Å². The Morgan fingerprint density at radius 2 is 0.194 bits per heavy atom. The van der Waals surface area contributed by atoms with E-state index in [2.05, 4.69) is 0 Å². The van der Waals surface area contributed by atoms with Gasteiger partial charge in [0.15, 0.2) is 0 Å². The molecule has 700 valence electrons. The smallest absolute Gasteiger partial charge is 0.0340 e. The third kappa shape index (κ3) is 51.6. The van der Waals surface area contributed by atoms with E-state index in [1.807, 2.05) is 0 Å². The first-order chi connectivity index (χ1) is 60.3. The van der Waals surface area contributed by atoms with Crippen LogP contribution in [0.5, 0.6) is 0 Å². The van der Waals surface area contributed by atoms with Crippen molar-refractivity contribution >= 4 is 0 Å². The van der Waals surface area contributed by atoms with Gasteiger partial charge in [-0.1, -0.05) is 423 Å². The van der Waals surface area contributed by atoms with Crippen molar-refractivity contribution in [2.24, 2.45) is 0 Å². The Morgan fingerprint density at radius 3 is 0.264 bits per heavy atom. The third-order valence-corrected chi connectivity index (χ3v) is 19.5. The Labute approximate surface area is 805 Å². The molecule has 0 aromatic heterocycles. The van der Waals surface area contributed by atoms with Crippen LogP contribution in [-0.2, 0) is 97.9 Å². The van der Waals surface area contributed by atoms with E-state index in [0.717, 1.165) is 0 Å². The number of benzene rings is 10. The molecule has 25 nitrogen and oxygen atoms in total. The van der Waals surface area contributed by atoms with Crippen LogP contribution in [0.25, 0.3) is 0 Å². The molecule has 10 aromatic carbocycles. The molecule has 0 aliphatic rings. The van der Waals surface area contributed by atoms with E-state index in [-0.39, 0.29) is 204 Å². The van der Waals surface area contributed by atoms with E-state index in [4.69, 9.17) is 23.7 Å². The Bertz CT molecular complexity index is 3340. The fraction of sp³-hybridized carbons (Fsp3) is 0.400. The maximum absolute atomic E-state index is 12.0. The topological polar surface area (TPSA) is 507 Å². The Hall–Kier alpha value is -6.46. The fourth-order valence-corrected chi connectivity index (χ4v) is 12.8. The van der Waals surface area contributed by atoms with Crippen LogP contribution in [0.2, 0.25) is 0 Å². The second-order valence-electron chi connectivity index (χ2n) is 30.3. The average molecular weight is 1920 g/mol. The van der Waals surface area contributed by atoms with E-state index in [1.165, 1.54) is 0 Å². The zero-order valence-electron chi connectivity index (χ0n) is 71.6. The van der Waals surface area contributed by atoms with Gasteiger partial charge in [-0.2, -0.15) is 0 Å². The van der Waals surface area contributed by atoms with Crippen LogP contribution < -0.4 is 102 Å². The molecular weight excluding hydrogens is 1800 g/mol. The molecule has 0 spiro atoms. The monoisotopic (exact) mass is 1910 g/mol. The first-order valence-corrected chi connectivity index (χ1v) is 41.8. The molecule has 20 unspecified atom stereocenters. The molecule has 0 amide bonds. The molecule has 29 heteroatoms. The van der Waals surface area contributed by atoms with Gasteiger partial charge in [0.1, 0.15) is 0 Å². The van der Waals surface area contributed by atoms with Crippen LogP contribution in [0.4, 0.5) is 0 Å². The molecule has 0 N–H and O–H groups in total. The van der Waals surface area contributed by atoms with Gasteiger partial charge in [0, 0.05) is 140 Å². The standard InChI is InChI=1S/5C20H22O5.4V/c5*21-17(11-19(23)15-7-3-1-4-8-15)13-25-14-18(22)12-20(24)16-9-5-2-6-10-16;;;;/h5*1-10,17-20H,11-14H2;;;;/q5*-4;;;;. The van der Waals surface area contributed by atoms with E-state index in [1.54, 1.807) is 303 Å². The molecule has 20 atom stereocenters. The number of ether oxygens (including phenoxy) is 5. The van der Waals surface area contributed by atoms with Gasteiger partial charge < -0.3 is 126 Å². The van der Waals surface area contributed by atoms with Gasteiger partial charge >= 0.3 is 0 Å². The van der Waals surface area contributed by atoms with Crippen LogP contribution >= 0.6 is 0 Å². The molecular formula is C100H110O25V4-20. The maximum atomic E-state index is 12.0. The third-order valence-electron chi connectivity index (χ3n) is 19.5. The summed E-state index contributed by atoms with van der Waals surface area (Å²) in [5.74, 6) is 0. The largest absolute Gasteiger partial charge is 0.850 e. The van der Waals surface area contributed by atoms with Crippen LogP contribution in [-0.4, -0.2) is 127 Å². The normalized spacial score (nSPS) is 15.7. The summed E-state index contributed by atoms with van der Waals surface area (Å²) < 4.78 is 25.6. The summed E-state index contributed by atoms with van der Waals surface area (Å²) in [6, 6.07) is 87.0. The van der Waals surface area contributed by atoms with Crippen molar-refractivity contribution in [1.82, 2.24) is 0 Å². The van der Waals surface area contributed by atoms with Crippen molar-refractivity contribution in [1.29, 1.82) is 0 Å². The molecule has 129 heavy (non-hydrogen) atoms. The minimum atomic E-state index is -1.19. The fourth-order valence-electron chi connectivity index (χ4n) is 12.8. The molecule has 4 radical (unpaired) electrons. The summed E-state index contributed by atoms with van der Waals surface area (Å²) in [5.41, 5.74) is 5.71. The summed E-state index contributed by atoms with van der Waals surface area (Å²) in [5, 5.41) is 238. The summed E-state index contributed by atoms with van der Waals surface area (Å²) in [6.07, 6.45) is -23.8. The molecule has 0 fully saturated rings. The predicted molar refractivity (Wildman–Crippen MR) is 430 cm³/mol. The zero-order valence-corrected chi connectivity index (χ0v) is 77.1. The van der Waals surface area contributed by atoms with E-state index >= 15 is 0 Å². The molecule has 0 bridgehead atoms. The first-order valence-electron chi connectivity index (χ1n) is 41.8. The quantitative estimate of drug-likeness (QED) is 0.0372. The van der Waals surface area contributed by atoms with Gasteiger partial charge in [0.25, 0.3) is 0 Å². The predicted octanol–water partition coefficient (Wildman–Crippen LogP) is -2.79. The van der Waals surface area contributed by atoms with E-state index in [0.29, 0.717) is 55.6 Å². The molecule has 0 saturated carbocycles. The summed E-state index contributed by atoms with van der Waals surface area (Å²) in [4.78, 5) is 0. The second kappa shape index (κ2) is 70.3. The molecule has 0 heterocycles. The van der Waals surface area contributed by atoms with Gasteiger partial charge in [-0.05, 0) is 0 Å². The SMILES string of the molecule is [O-]C(COCC([O-])CC([O-])c1ccccc1)CC([O-])c1ccccc1.[O-]C(COCC([O-])CC([O-])c1ccccc1)CC([O-])c1ccccc1.[O-]C(COCC([O-])CC([O-])c1ccccc1)CC([O-])c1ccccc1.[O-]C(COCC([O-])CC([O-])c1ccccc1)CC([O-])c1ccccc1.[O-]C(COCC([O-])CC([O-])c1ccccc1)CC([O-])c1ccccc1.[V].[V].[V].[V]. The number of hydrogen-bond donors (Lipinski definition) is 0. The van der Waals surface area contributed by atoms with Crippen molar-refractivity contribution in [2.75, 3.05) is 66.1 Å². The summed E-state index contributed by atoms with van der Waals surface area (Å²) in [6.45, 7) is -1.95. The Kier molecular flexibility index (Phi) is 64.6. The maximum Gasteiger partial charge on any atom is 0.0340 e. The minimum absolute atomic E-state index is 0. The van der Waals surface area contributed by atoms with Crippen LogP contribution in [0, 0.1) is 0 Å². The minimum Gasteiger partial charge on any atom is -0.850 e. The molecule has 0 aliphatic heterocycles. The molecule has 10 aromatic rings. The molecule has 0 saturated heterocycles. The molecule has 10 rings (SSSR count). The zero-order chi connectivity index (χ0) is 90.4. The van der Waals surface area contributed by atoms with Gasteiger partial charge in [0.2, 0.25) is 0 Å². The average Bonchev–Trinajstić information content (AvgIpc) is 0.926. The second-order valence-corrected chi connectivity index (χ2v) is 30.3. The number of rotatable bonds is 50. The van der Waals surface area contributed by atoms with E-state index in [9.17, 15) is 102 Å². The number of hydrogen-bond acceptors (Lipinski definition) is 25. The van der Waals surface area contributed by atoms with Crippen molar-refractivity contribution in [3.8, 4) is 0 Å². The van der Waals surface area contributed by atoms with Gasteiger partial charge in [-0.3, -0.25) is 0 Å².